The Hall–Kier alpha value is -1.83. The number of halogens is 1. The Kier molecular flexibility index (Phi) is 5.46. The number of piperazine rings is 1. The van der Waals surface area contributed by atoms with Gasteiger partial charge in [0, 0.05) is 32.4 Å². The predicted molar refractivity (Wildman–Crippen MR) is 90.3 cm³/mol. The van der Waals surface area contributed by atoms with Crippen molar-refractivity contribution in [1.82, 2.24) is 14.8 Å². The molecule has 0 radical (unpaired) electrons. The van der Waals surface area contributed by atoms with Crippen LogP contribution < -0.4 is 5.32 Å². The standard InChI is InChI=1S/C15H21BrN4O3/c1-15(2,3)23-14(22)20-9-7-19(8-10-20)13(21)18-11-5-4-6-17-12(11)16/h4-6H,7-10H2,1-3H3,(H,18,21). The van der Waals surface area contributed by atoms with Crippen molar-refractivity contribution < 1.29 is 14.3 Å². The van der Waals surface area contributed by atoms with Crippen molar-refractivity contribution in [2.45, 2.75) is 26.4 Å². The first-order valence-electron chi connectivity index (χ1n) is 7.40. The molecular formula is C15H21BrN4O3. The van der Waals surface area contributed by atoms with Crippen molar-refractivity contribution in [3.8, 4) is 0 Å². The molecule has 2 heterocycles. The lowest BCUT2D eigenvalue weighted by atomic mass is 10.2. The Bertz CT molecular complexity index is 580. The van der Waals surface area contributed by atoms with Gasteiger partial charge in [0.05, 0.1) is 5.69 Å². The van der Waals surface area contributed by atoms with E-state index in [9.17, 15) is 9.59 Å². The number of ether oxygens (including phenoxy) is 1. The van der Waals surface area contributed by atoms with Crippen LogP contribution in [0.1, 0.15) is 20.8 Å². The van der Waals surface area contributed by atoms with E-state index in [1.165, 1.54) is 0 Å². The number of anilines is 1. The number of amides is 3. The lowest BCUT2D eigenvalue weighted by Gasteiger charge is -2.35. The summed E-state index contributed by atoms with van der Waals surface area (Å²) in [5.74, 6) is 0. The number of hydrogen-bond acceptors (Lipinski definition) is 4. The maximum atomic E-state index is 12.3. The van der Waals surface area contributed by atoms with E-state index in [0.717, 1.165) is 0 Å². The third kappa shape index (κ3) is 5.09. The minimum atomic E-state index is -0.516. The third-order valence-corrected chi connectivity index (χ3v) is 3.85. The van der Waals surface area contributed by atoms with Crippen LogP contribution in [0.2, 0.25) is 0 Å². The first-order valence-corrected chi connectivity index (χ1v) is 8.20. The second-order valence-electron chi connectivity index (χ2n) is 6.23. The molecule has 1 saturated heterocycles. The van der Waals surface area contributed by atoms with E-state index in [1.807, 2.05) is 20.8 Å². The number of aromatic nitrogens is 1. The van der Waals surface area contributed by atoms with E-state index in [0.29, 0.717) is 36.5 Å². The summed E-state index contributed by atoms with van der Waals surface area (Å²) in [6.45, 7) is 7.33. The van der Waals surface area contributed by atoms with Crippen LogP contribution in [0, 0.1) is 0 Å². The Morgan fingerprint density at radius 3 is 2.39 bits per heavy atom. The van der Waals surface area contributed by atoms with Crippen molar-refractivity contribution in [1.29, 1.82) is 0 Å². The molecule has 0 atom stereocenters. The molecule has 1 fully saturated rings. The molecule has 0 aliphatic carbocycles. The van der Waals surface area contributed by atoms with Crippen LogP contribution in [0.3, 0.4) is 0 Å². The molecule has 2 rings (SSSR count). The Morgan fingerprint density at radius 1 is 1.22 bits per heavy atom. The highest BCUT2D eigenvalue weighted by atomic mass is 79.9. The summed E-state index contributed by atoms with van der Waals surface area (Å²) < 4.78 is 5.92. The average molecular weight is 385 g/mol. The van der Waals surface area contributed by atoms with Crippen LogP contribution in [0.15, 0.2) is 22.9 Å². The summed E-state index contributed by atoms with van der Waals surface area (Å²) in [6.07, 6.45) is 1.30. The van der Waals surface area contributed by atoms with Crippen LogP contribution in [0.4, 0.5) is 15.3 Å². The number of nitrogens with zero attached hydrogens (tertiary/aromatic N) is 3. The molecule has 0 aromatic carbocycles. The fourth-order valence-electron chi connectivity index (χ4n) is 2.09. The van der Waals surface area contributed by atoms with Gasteiger partial charge in [-0.05, 0) is 48.8 Å². The van der Waals surface area contributed by atoms with E-state index in [1.54, 1.807) is 28.1 Å². The van der Waals surface area contributed by atoms with Crippen molar-refractivity contribution in [3.05, 3.63) is 22.9 Å². The number of carbonyl (C=O) groups excluding carboxylic acids is 2. The molecule has 1 aliphatic heterocycles. The van der Waals surface area contributed by atoms with Gasteiger partial charge in [-0.2, -0.15) is 0 Å². The second-order valence-corrected chi connectivity index (χ2v) is 6.98. The highest BCUT2D eigenvalue weighted by Crippen LogP contribution is 2.19. The smallest absolute Gasteiger partial charge is 0.410 e. The summed E-state index contributed by atoms with van der Waals surface area (Å²) >= 11 is 3.29. The monoisotopic (exact) mass is 384 g/mol. The zero-order chi connectivity index (χ0) is 17.0. The minimum Gasteiger partial charge on any atom is -0.444 e. The van der Waals surface area contributed by atoms with Crippen molar-refractivity contribution in [2.75, 3.05) is 31.5 Å². The molecule has 126 valence electrons. The second kappa shape index (κ2) is 7.16. The van der Waals surface area contributed by atoms with Crippen LogP contribution in [0.25, 0.3) is 0 Å². The number of hydrogen-bond donors (Lipinski definition) is 1. The normalized spacial score (nSPS) is 15.3. The molecule has 8 heteroatoms. The predicted octanol–water partition coefficient (Wildman–Crippen LogP) is 2.93. The van der Waals surface area contributed by atoms with Crippen molar-refractivity contribution >= 4 is 33.7 Å². The number of urea groups is 1. The van der Waals surface area contributed by atoms with Crippen LogP contribution >= 0.6 is 15.9 Å². The maximum Gasteiger partial charge on any atom is 0.410 e. The number of carbonyl (C=O) groups is 2. The number of pyridine rings is 1. The van der Waals surface area contributed by atoms with E-state index in [2.05, 4.69) is 26.2 Å². The topological polar surface area (TPSA) is 74.8 Å². The van der Waals surface area contributed by atoms with Gasteiger partial charge in [0.15, 0.2) is 0 Å². The van der Waals surface area contributed by atoms with Gasteiger partial charge in [0.25, 0.3) is 0 Å². The fourth-order valence-corrected chi connectivity index (χ4v) is 2.44. The molecule has 0 spiro atoms. The first kappa shape index (κ1) is 17.5. The largest absolute Gasteiger partial charge is 0.444 e. The molecule has 1 aliphatic rings. The number of rotatable bonds is 1. The molecule has 1 aromatic heterocycles. The van der Waals surface area contributed by atoms with E-state index in [4.69, 9.17) is 4.74 Å². The summed E-state index contributed by atoms with van der Waals surface area (Å²) in [7, 11) is 0. The van der Waals surface area contributed by atoms with Gasteiger partial charge in [0.2, 0.25) is 0 Å². The molecule has 1 N–H and O–H groups in total. The van der Waals surface area contributed by atoms with Gasteiger partial charge in [-0.1, -0.05) is 0 Å². The van der Waals surface area contributed by atoms with E-state index < -0.39 is 5.60 Å². The van der Waals surface area contributed by atoms with Crippen LogP contribution in [-0.2, 0) is 4.74 Å². The van der Waals surface area contributed by atoms with E-state index >= 15 is 0 Å². The van der Waals surface area contributed by atoms with Crippen LogP contribution in [0.5, 0.6) is 0 Å². The molecule has 0 saturated carbocycles. The lowest BCUT2D eigenvalue weighted by Crippen LogP contribution is -2.52. The third-order valence-electron chi connectivity index (χ3n) is 3.22. The van der Waals surface area contributed by atoms with Gasteiger partial charge in [-0.25, -0.2) is 14.6 Å². The van der Waals surface area contributed by atoms with Gasteiger partial charge >= 0.3 is 12.1 Å². The minimum absolute atomic E-state index is 0.206. The Labute approximate surface area is 144 Å². The summed E-state index contributed by atoms with van der Waals surface area (Å²) in [4.78, 5) is 31.6. The van der Waals surface area contributed by atoms with Crippen LogP contribution in [-0.4, -0.2) is 58.7 Å². The molecule has 3 amide bonds. The molecular weight excluding hydrogens is 364 g/mol. The van der Waals surface area contributed by atoms with E-state index in [-0.39, 0.29) is 12.1 Å². The van der Waals surface area contributed by atoms with Gasteiger partial charge in [-0.3, -0.25) is 0 Å². The Balaban J connectivity index is 1.85. The quantitative estimate of drug-likeness (QED) is 0.755. The zero-order valence-electron chi connectivity index (χ0n) is 13.5. The van der Waals surface area contributed by atoms with Crippen molar-refractivity contribution in [3.63, 3.8) is 0 Å². The fraction of sp³-hybridized carbons (Fsp3) is 0.533. The highest BCUT2D eigenvalue weighted by molar-refractivity contribution is 9.10. The lowest BCUT2D eigenvalue weighted by molar-refractivity contribution is 0.0174. The SMILES string of the molecule is CC(C)(C)OC(=O)N1CCN(C(=O)Nc2cccnc2Br)CC1. The summed E-state index contributed by atoms with van der Waals surface area (Å²) in [6, 6.07) is 3.31. The molecule has 7 nitrogen and oxygen atoms in total. The summed E-state index contributed by atoms with van der Waals surface area (Å²) in [5.41, 5.74) is 0.102. The number of nitrogens with one attached hydrogen (secondary N) is 1. The molecule has 0 bridgehead atoms. The highest BCUT2D eigenvalue weighted by Gasteiger charge is 2.27. The molecule has 23 heavy (non-hydrogen) atoms. The van der Waals surface area contributed by atoms with Gasteiger partial charge in [-0.15, -0.1) is 0 Å². The van der Waals surface area contributed by atoms with Gasteiger partial charge in [0.1, 0.15) is 10.2 Å². The maximum absolute atomic E-state index is 12.3. The van der Waals surface area contributed by atoms with Crippen molar-refractivity contribution in [2.24, 2.45) is 0 Å². The molecule has 1 aromatic rings. The molecule has 0 unspecified atom stereocenters. The zero-order valence-corrected chi connectivity index (χ0v) is 15.1. The first-order chi connectivity index (χ1) is 10.8. The average Bonchev–Trinajstić information content (AvgIpc) is 2.48. The Morgan fingerprint density at radius 2 is 1.83 bits per heavy atom. The van der Waals surface area contributed by atoms with Gasteiger partial charge < -0.3 is 19.9 Å². The summed E-state index contributed by atoms with van der Waals surface area (Å²) in [5, 5.41) is 2.81.